The summed E-state index contributed by atoms with van der Waals surface area (Å²) >= 11 is 0. The van der Waals surface area contributed by atoms with E-state index in [0.717, 1.165) is 6.54 Å². The smallest absolute Gasteiger partial charge is 0.0741 e. The summed E-state index contributed by atoms with van der Waals surface area (Å²) < 4.78 is 0. The normalized spacial score (nSPS) is 23.1. The first kappa shape index (κ1) is 13.9. The number of piperidine rings is 1. The van der Waals surface area contributed by atoms with Crippen LogP contribution in [0.4, 0.5) is 0 Å². The van der Waals surface area contributed by atoms with Gasteiger partial charge in [0, 0.05) is 18.6 Å². The standard InChI is InChI=1S/C13H28N2O/c1-11(14-12(2)13(3,4)16)10-15-8-6-5-7-9-15/h11-12,14,16H,5-10H2,1-4H3. The van der Waals surface area contributed by atoms with Crippen molar-refractivity contribution in [3.05, 3.63) is 0 Å². The van der Waals surface area contributed by atoms with E-state index in [1.54, 1.807) is 0 Å². The molecule has 0 aromatic rings. The molecule has 2 atom stereocenters. The Kier molecular flexibility index (Phi) is 5.22. The number of hydrogen-bond acceptors (Lipinski definition) is 3. The molecule has 0 radical (unpaired) electrons. The van der Waals surface area contributed by atoms with Gasteiger partial charge in [0.25, 0.3) is 0 Å². The molecule has 1 aliphatic rings. The SMILES string of the molecule is CC(CN1CCCCC1)NC(C)C(C)(C)O. The second-order valence-electron chi connectivity index (χ2n) is 5.80. The van der Waals surface area contributed by atoms with Crippen LogP contribution in [0.1, 0.15) is 47.0 Å². The molecule has 0 aromatic heterocycles. The molecular weight excluding hydrogens is 200 g/mol. The van der Waals surface area contributed by atoms with E-state index in [4.69, 9.17) is 0 Å². The van der Waals surface area contributed by atoms with Crippen molar-refractivity contribution in [1.29, 1.82) is 0 Å². The number of rotatable bonds is 5. The zero-order valence-electron chi connectivity index (χ0n) is 11.3. The quantitative estimate of drug-likeness (QED) is 0.750. The second kappa shape index (κ2) is 5.99. The highest BCUT2D eigenvalue weighted by Crippen LogP contribution is 2.11. The number of likely N-dealkylation sites (tertiary alicyclic amines) is 1. The molecule has 16 heavy (non-hydrogen) atoms. The monoisotopic (exact) mass is 228 g/mol. The van der Waals surface area contributed by atoms with Crippen LogP contribution in [0.25, 0.3) is 0 Å². The number of hydrogen-bond donors (Lipinski definition) is 2. The Bertz CT molecular complexity index is 195. The van der Waals surface area contributed by atoms with Gasteiger partial charge >= 0.3 is 0 Å². The van der Waals surface area contributed by atoms with Crippen molar-refractivity contribution < 1.29 is 5.11 Å². The second-order valence-corrected chi connectivity index (χ2v) is 5.80. The Balaban J connectivity index is 2.26. The molecule has 1 saturated heterocycles. The first-order valence-corrected chi connectivity index (χ1v) is 6.60. The summed E-state index contributed by atoms with van der Waals surface area (Å²) in [5.41, 5.74) is -0.643. The van der Waals surface area contributed by atoms with Crippen LogP contribution >= 0.6 is 0 Å². The number of aliphatic hydroxyl groups is 1. The maximum atomic E-state index is 9.86. The molecule has 0 spiro atoms. The van der Waals surface area contributed by atoms with Gasteiger partial charge in [-0.05, 0) is 53.6 Å². The Labute approximate surface area is 100 Å². The fourth-order valence-electron chi connectivity index (χ4n) is 2.21. The van der Waals surface area contributed by atoms with Gasteiger partial charge in [-0.3, -0.25) is 0 Å². The van der Waals surface area contributed by atoms with Gasteiger partial charge in [-0.2, -0.15) is 0 Å². The molecule has 3 nitrogen and oxygen atoms in total. The van der Waals surface area contributed by atoms with Crippen LogP contribution in [0.3, 0.4) is 0 Å². The Hall–Kier alpha value is -0.120. The summed E-state index contributed by atoms with van der Waals surface area (Å²) in [5.74, 6) is 0. The third-order valence-electron chi connectivity index (χ3n) is 3.57. The summed E-state index contributed by atoms with van der Waals surface area (Å²) in [4.78, 5) is 2.53. The Morgan fingerprint density at radius 3 is 2.25 bits per heavy atom. The lowest BCUT2D eigenvalue weighted by molar-refractivity contribution is 0.0381. The summed E-state index contributed by atoms with van der Waals surface area (Å²) in [6, 6.07) is 0.576. The largest absolute Gasteiger partial charge is 0.389 e. The van der Waals surface area contributed by atoms with Crippen molar-refractivity contribution in [2.45, 2.75) is 64.6 Å². The molecule has 0 saturated carbocycles. The van der Waals surface area contributed by atoms with Gasteiger partial charge < -0.3 is 15.3 Å². The highest BCUT2D eigenvalue weighted by molar-refractivity contribution is 4.83. The molecule has 1 fully saturated rings. The number of nitrogens with one attached hydrogen (secondary N) is 1. The minimum absolute atomic E-state index is 0.132. The van der Waals surface area contributed by atoms with Crippen LogP contribution in [0.5, 0.6) is 0 Å². The molecule has 1 rings (SSSR count). The summed E-state index contributed by atoms with van der Waals surface area (Å²) in [6.45, 7) is 11.5. The maximum absolute atomic E-state index is 9.86. The van der Waals surface area contributed by atoms with Crippen LogP contribution in [0.2, 0.25) is 0 Å². The Morgan fingerprint density at radius 1 is 1.19 bits per heavy atom. The van der Waals surface area contributed by atoms with Crippen molar-refractivity contribution >= 4 is 0 Å². The molecule has 2 N–H and O–H groups in total. The van der Waals surface area contributed by atoms with E-state index in [2.05, 4.69) is 17.1 Å². The van der Waals surface area contributed by atoms with Crippen LogP contribution in [-0.2, 0) is 0 Å². The average molecular weight is 228 g/mol. The van der Waals surface area contributed by atoms with Gasteiger partial charge in [0.05, 0.1) is 5.60 Å². The van der Waals surface area contributed by atoms with Crippen molar-refractivity contribution in [2.75, 3.05) is 19.6 Å². The predicted octanol–water partition coefficient (Wildman–Crippen LogP) is 1.61. The molecule has 1 heterocycles. The van der Waals surface area contributed by atoms with Crippen molar-refractivity contribution in [2.24, 2.45) is 0 Å². The molecule has 0 bridgehead atoms. The third kappa shape index (κ3) is 4.81. The van der Waals surface area contributed by atoms with E-state index in [1.165, 1.54) is 32.4 Å². The van der Waals surface area contributed by atoms with E-state index in [1.807, 2.05) is 20.8 Å². The van der Waals surface area contributed by atoms with E-state index in [0.29, 0.717) is 6.04 Å². The van der Waals surface area contributed by atoms with E-state index in [-0.39, 0.29) is 6.04 Å². The zero-order valence-corrected chi connectivity index (χ0v) is 11.3. The van der Waals surface area contributed by atoms with E-state index >= 15 is 0 Å². The lowest BCUT2D eigenvalue weighted by Crippen LogP contribution is -2.51. The minimum Gasteiger partial charge on any atom is -0.389 e. The molecule has 2 unspecified atom stereocenters. The highest BCUT2D eigenvalue weighted by atomic mass is 16.3. The van der Waals surface area contributed by atoms with Crippen LogP contribution < -0.4 is 5.32 Å². The first-order valence-electron chi connectivity index (χ1n) is 6.60. The van der Waals surface area contributed by atoms with Crippen molar-refractivity contribution in [3.63, 3.8) is 0 Å². The van der Waals surface area contributed by atoms with Gasteiger partial charge in [-0.1, -0.05) is 6.42 Å². The van der Waals surface area contributed by atoms with Gasteiger partial charge in [-0.25, -0.2) is 0 Å². The van der Waals surface area contributed by atoms with Gasteiger partial charge in [0.15, 0.2) is 0 Å². The maximum Gasteiger partial charge on any atom is 0.0741 e. The summed E-state index contributed by atoms with van der Waals surface area (Å²) in [6.07, 6.45) is 4.07. The topological polar surface area (TPSA) is 35.5 Å². The van der Waals surface area contributed by atoms with Crippen LogP contribution in [0, 0.1) is 0 Å². The first-order chi connectivity index (χ1) is 7.39. The lowest BCUT2D eigenvalue weighted by atomic mass is 10.00. The van der Waals surface area contributed by atoms with Gasteiger partial charge in [-0.15, -0.1) is 0 Å². The average Bonchev–Trinajstić information content (AvgIpc) is 2.17. The molecule has 0 aromatic carbocycles. The molecule has 0 amide bonds. The molecule has 3 heteroatoms. The molecular formula is C13H28N2O. The fourth-order valence-corrected chi connectivity index (χ4v) is 2.21. The fraction of sp³-hybridized carbons (Fsp3) is 1.00. The van der Waals surface area contributed by atoms with E-state index < -0.39 is 5.60 Å². The van der Waals surface area contributed by atoms with Gasteiger partial charge in [0.2, 0.25) is 0 Å². The van der Waals surface area contributed by atoms with Crippen LogP contribution in [0.15, 0.2) is 0 Å². The predicted molar refractivity (Wildman–Crippen MR) is 68.6 cm³/mol. The molecule has 96 valence electrons. The highest BCUT2D eigenvalue weighted by Gasteiger charge is 2.24. The molecule has 1 aliphatic heterocycles. The Morgan fingerprint density at radius 2 is 1.75 bits per heavy atom. The zero-order chi connectivity index (χ0) is 12.2. The third-order valence-corrected chi connectivity index (χ3v) is 3.57. The minimum atomic E-state index is -0.643. The summed E-state index contributed by atoms with van der Waals surface area (Å²) in [5, 5.41) is 13.3. The van der Waals surface area contributed by atoms with Gasteiger partial charge in [0.1, 0.15) is 0 Å². The van der Waals surface area contributed by atoms with Crippen molar-refractivity contribution in [1.82, 2.24) is 10.2 Å². The molecule has 0 aliphatic carbocycles. The van der Waals surface area contributed by atoms with Crippen molar-refractivity contribution in [3.8, 4) is 0 Å². The van der Waals surface area contributed by atoms with E-state index in [9.17, 15) is 5.11 Å². The lowest BCUT2D eigenvalue weighted by Gasteiger charge is -2.33. The summed E-state index contributed by atoms with van der Waals surface area (Å²) in [7, 11) is 0. The van der Waals surface area contributed by atoms with Crippen LogP contribution in [-0.4, -0.2) is 47.3 Å². The number of nitrogens with zero attached hydrogens (tertiary/aromatic N) is 1.